The zero-order valence-corrected chi connectivity index (χ0v) is 8.71. The van der Waals surface area contributed by atoms with E-state index in [4.69, 9.17) is 11.6 Å². The first-order chi connectivity index (χ1) is 7.25. The molecule has 0 aliphatic rings. The maximum absolute atomic E-state index is 12.9. The molecule has 0 amide bonds. The first kappa shape index (κ1) is 10.1. The molecule has 0 atom stereocenters. The third-order valence-corrected chi connectivity index (χ3v) is 2.43. The van der Waals surface area contributed by atoms with Crippen molar-refractivity contribution < 1.29 is 4.39 Å². The lowest BCUT2D eigenvalue weighted by Gasteiger charge is -2.08. The SMILES string of the molecule is Fc1ccc(Cl)c(CNn2cccc2)c1. The van der Waals surface area contributed by atoms with Crippen molar-refractivity contribution in [3.8, 4) is 0 Å². The van der Waals surface area contributed by atoms with Gasteiger partial charge in [0.2, 0.25) is 0 Å². The lowest BCUT2D eigenvalue weighted by molar-refractivity contribution is 0.625. The molecule has 0 fully saturated rings. The van der Waals surface area contributed by atoms with Crippen molar-refractivity contribution in [3.05, 3.63) is 59.1 Å². The van der Waals surface area contributed by atoms with Crippen molar-refractivity contribution in [2.45, 2.75) is 6.54 Å². The maximum Gasteiger partial charge on any atom is 0.123 e. The van der Waals surface area contributed by atoms with Crippen LogP contribution in [0.25, 0.3) is 0 Å². The number of nitrogens with zero attached hydrogens (tertiary/aromatic N) is 1. The van der Waals surface area contributed by atoms with E-state index in [1.807, 2.05) is 24.5 Å². The van der Waals surface area contributed by atoms with Crippen LogP contribution in [-0.4, -0.2) is 4.68 Å². The molecule has 1 aromatic heterocycles. The second-order valence-electron chi connectivity index (χ2n) is 3.16. The molecule has 0 saturated heterocycles. The number of hydrogen-bond acceptors (Lipinski definition) is 1. The van der Waals surface area contributed by atoms with E-state index < -0.39 is 0 Å². The quantitative estimate of drug-likeness (QED) is 0.848. The molecule has 0 unspecified atom stereocenters. The molecule has 2 rings (SSSR count). The van der Waals surface area contributed by atoms with Crippen LogP contribution < -0.4 is 5.43 Å². The predicted molar refractivity (Wildman–Crippen MR) is 58.9 cm³/mol. The second-order valence-corrected chi connectivity index (χ2v) is 3.57. The fourth-order valence-electron chi connectivity index (χ4n) is 1.30. The molecule has 0 aliphatic carbocycles. The molecule has 1 N–H and O–H groups in total. The second kappa shape index (κ2) is 4.36. The molecular formula is C11H10ClFN2. The molecule has 1 aromatic carbocycles. The number of benzene rings is 1. The van der Waals surface area contributed by atoms with Crippen molar-refractivity contribution in [2.24, 2.45) is 0 Å². The summed E-state index contributed by atoms with van der Waals surface area (Å²) in [4.78, 5) is 0. The van der Waals surface area contributed by atoms with Gasteiger partial charge in [-0.1, -0.05) is 11.6 Å². The molecule has 2 aromatic rings. The van der Waals surface area contributed by atoms with E-state index in [0.717, 1.165) is 5.56 Å². The first-order valence-corrected chi connectivity index (χ1v) is 4.94. The normalized spacial score (nSPS) is 10.3. The van der Waals surface area contributed by atoms with Crippen molar-refractivity contribution in [1.82, 2.24) is 4.68 Å². The van der Waals surface area contributed by atoms with Gasteiger partial charge in [-0.15, -0.1) is 0 Å². The Labute approximate surface area is 92.3 Å². The van der Waals surface area contributed by atoms with E-state index in [1.165, 1.54) is 12.1 Å². The Balaban J connectivity index is 2.07. The molecule has 0 spiro atoms. The van der Waals surface area contributed by atoms with E-state index in [1.54, 1.807) is 10.7 Å². The summed E-state index contributed by atoms with van der Waals surface area (Å²) in [5.74, 6) is -0.274. The van der Waals surface area contributed by atoms with Gasteiger partial charge >= 0.3 is 0 Å². The van der Waals surface area contributed by atoms with Crippen LogP contribution in [0.2, 0.25) is 5.02 Å². The molecule has 0 aliphatic heterocycles. The van der Waals surface area contributed by atoms with E-state index in [-0.39, 0.29) is 5.82 Å². The Morgan fingerprint density at radius 2 is 2.00 bits per heavy atom. The van der Waals surface area contributed by atoms with E-state index >= 15 is 0 Å². The Morgan fingerprint density at radius 3 is 2.73 bits per heavy atom. The van der Waals surface area contributed by atoms with Crippen molar-refractivity contribution >= 4 is 11.6 Å². The smallest absolute Gasteiger partial charge is 0.123 e. The lowest BCUT2D eigenvalue weighted by Crippen LogP contribution is -2.12. The first-order valence-electron chi connectivity index (χ1n) is 4.56. The highest BCUT2D eigenvalue weighted by atomic mass is 35.5. The van der Waals surface area contributed by atoms with Gasteiger partial charge in [0.1, 0.15) is 5.82 Å². The van der Waals surface area contributed by atoms with Crippen LogP contribution >= 0.6 is 11.6 Å². The van der Waals surface area contributed by atoms with Gasteiger partial charge in [-0.05, 0) is 35.9 Å². The minimum Gasteiger partial charge on any atom is -0.322 e. The zero-order valence-electron chi connectivity index (χ0n) is 7.95. The summed E-state index contributed by atoms with van der Waals surface area (Å²) < 4.78 is 14.7. The Morgan fingerprint density at radius 1 is 1.27 bits per heavy atom. The Kier molecular flexibility index (Phi) is 2.92. The topological polar surface area (TPSA) is 17.0 Å². The maximum atomic E-state index is 12.9. The molecule has 4 heteroatoms. The van der Waals surface area contributed by atoms with Gasteiger partial charge in [-0.2, -0.15) is 0 Å². The summed E-state index contributed by atoms with van der Waals surface area (Å²) >= 11 is 5.92. The number of halogens is 2. The highest BCUT2D eigenvalue weighted by Gasteiger charge is 2.01. The van der Waals surface area contributed by atoms with Gasteiger partial charge in [-0.25, -0.2) is 4.39 Å². The van der Waals surface area contributed by atoms with Crippen molar-refractivity contribution in [1.29, 1.82) is 0 Å². The van der Waals surface area contributed by atoms with Crippen LogP contribution in [-0.2, 0) is 6.54 Å². The van der Waals surface area contributed by atoms with Gasteiger partial charge in [0.25, 0.3) is 0 Å². The molecule has 0 saturated carbocycles. The van der Waals surface area contributed by atoms with Gasteiger partial charge in [0, 0.05) is 17.4 Å². The van der Waals surface area contributed by atoms with Gasteiger partial charge in [0.15, 0.2) is 0 Å². The van der Waals surface area contributed by atoms with E-state index in [9.17, 15) is 4.39 Å². The summed E-state index contributed by atoms with van der Waals surface area (Å²) in [7, 11) is 0. The number of nitrogens with one attached hydrogen (secondary N) is 1. The largest absolute Gasteiger partial charge is 0.322 e. The molecule has 0 radical (unpaired) electrons. The standard InChI is InChI=1S/C11H10ClFN2/c12-11-4-3-10(13)7-9(11)8-14-15-5-1-2-6-15/h1-7,14H,8H2. The van der Waals surface area contributed by atoms with Crippen LogP contribution in [0.4, 0.5) is 4.39 Å². The van der Waals surface area contributed by atoms with E-state index in [0.29, 0.717) is 11.6 Å². The predicted octanol–water partition coefficient (Wildman–Crippen LogP) is 3.02. The third-order valence-electron chi connectivity index (χ3n) is 2.06. The van der Waals surface area contributed by atoms with Crippen LogP contribution in [0.3, 0.4) is 0 Å². The average molecular weight is 225 g/mol. The molecule has 78 valence electrons. The monoisotopic (exact) mass is 224 g/mol. The molecule has 0 bridgehead atoms. The third kappa shape index (κ3) is 2.50. The van der Waals surface area contributed by atoms with Crippen LogP contribution in [0.1, 0.15) is 5.56 Å². The Bertz CT molecular complexity index is 440. The minimum atomic E-state index is -0.274. The van der Waals surface area contributed by atoms with Gasteiger partial charge in [-0.3, -0.25) is 4.68 Å². The van der Waals surface area contributed by atoms with Crippen LogP contribution in [0.15, 0.2) is 42.7 Å². The van der Waals surface area contributed by atoms with Crippen LogP contribution in [0.5, 0.6) is 0 Å². The number of hydrogen-bond donors (Lipinski definition) is 1. The zero-order chi connectivity index (χ0) is 10.7. The molecule has 15 heavy (non-hydrogen) atoms. The minimum absolute atomic E-state index is 0.274. The highest BCUT2D eigenvalue weighted by molar-refractivity contribution is 6.31. The number of rotatable bonds is 3. The lowest BCUT2D eigenvalue weighted by atomic mass is 10.2. The van der Waals surface area contributed by atoms with E-state index in [2.05, 4.69) is 5.43 Å². The summed E-state index contributed by atoms with van der Waals surface area (Å²) in [6, 6.07) is 8.14. The molecule has 1 heterocycles. The van der Waals surface area contributed by atoms with Gasteiger partial charge in [0.05, 0.1) is 6.54 Å². The Hall–Kier alpha value is -1.48. The van der Waals surface area contributed by atoms with Crippen molar-refractivity contribution in [3.63, 3.8) is 0 Å². The van der Waals surface area contributed by atoms with Crippen molar-refractivity contribution in [2.75, 3.05) is 5.43 Å². The van der Waals surface area contributed by atoms with Crippen LogP contribution in [0, 0.1) is 5.82 Å². The summed E-state index contributed by atoms with van der Waals surface area (Å²) in [6.07, 6.45) is 3.74. The number of aromatic nitrogens is 1. The molecular weight excluding hydrogens is 215 g/mol. The summed E-state index contributed by atoms with van der Waals surface area (Å²) in [5.41, 5.74) is 3.82. The molecule has 2 nitrogen and oxygen atoms in total. The fourth-order valence-corrected chi connectivity index (χ4v) is 1.48. The summed E-state index contributed by atoms with van der Waals surface area (Å²) in [6.45, 7) is 0.491. The average Bonchev–Trinajstić information content (AvgIpc) is 2.72. The highest BCUT2D eigenvalue weighted by Crippen LogP contribution is 2.16. The summed E-state index contributed by atoms with van der Waals surface area (Å²) in [5, 5.41) is 0.566. The fraction of sp³-hybridized carbons (Fsp3) is 0.0909. The van der Waals surface area contributed by atoms with Gasteiger partial charge < -0.3 is 5.43 Å².